The van der Waals surface area contributed by atoms with Crippen LogP contribution in [-0.4, -0.2) is 9.55 Å². The van der Waals surface area contributed by atoms with Gasteiger partial charge in [0, 0.05) is 5.39 Å². The summed E-state index contributed by atoms with van der Waals surface area (Å²) < 4.78 is 1.54. The molecule has 0 atom stereocenters. The van der Waals surface area contributed by atoms with Crippen LogP contribution in [0.25, 0.3) is 21.8 Å². The van der Waals surface area contributed by atoms with Crippen LogP contribution in [0.3, 0.4) is 0 Å². The molecule has 4 heteroatoms. The van der Waals surface area contributed by atoms with E-state index in [1.165, 1.54) is 4.57 Å². The maximum absolute atomic E-state index is 12.3. The van der Waals surface area contributed by atoms with Crippen molar-refractivity contribution in [3.63, 3.8) is 0 Å². The van der Waals surface area contributed by atoms with E-state index in [9.17, 15) is 9.59 Å². The molecule has 4 nitrogen and oxygen atoms in total. The number of nitrogens with zero attached hydrogens (tertiary/aromatic N) is 1. The van der Waals surface area contributed by atoms with E-state index in [1.807, 2.05) is 66.7 Å². The van der Waals surface area contributed by atoms with Crippen molar-refractivity contribution in [3.8, 4) is 0 Å². The molecule has 0 bridgehead atoms. The Balaban J connectivity index is 2.06. The van der Waals surface area contributed by atoms with Crippen molar-refractivity contribution < 1.29 is 0 Å². The first-order chi connectivity index (χ1) is 11.2. The Morgan fingerprint density at radius 2 is 1.57 bits per heavy atom. The SMILES string of the molecule is O=c1[nH]c2c3ccccc3ccc2n(Cc2ccccc2)c1=O. The number of fused-ring (bicyclic) bond motifs is 3. The zero-order chi connectivity index (χ0) is 15.8. The fourth-order valence-electron chi connectivity index (χ4n) is 2.94. The highest BCUT2D eigenvalue weighted by atomic mass is 16.2. The average Bonchev–Trinajstić information content (AvgIpc) is 2.60. The third-order valence-electron chi connectivity index (χ3n) is 4.06. The quantitative estimate of drug-likeness (QED) is 0.457. The Labute approximate surface area is 131 Å². The van der Waals surface area contributed by atoms with E-state index in [-0.39, 0.29) is 0 Å². The molecule has 1 aromatic heterocycles. The molecule has 0 spiro atoms. The largest absolute Gasteiger partial charge is 0.317 e. The zero-order valence-electron chi connectivity index (χ0n) is 12.3. The number of H-pyrrole nitrogens is 1. The fraction of sp³-hybridized carbons (Fsp3) is 0.0526. The van der Waals surface area contributed by atoms with E-state index in [0.29, 0.717) is 12.1 Å². The van der Waals surface area contributed by atoms with Crippen molar-refractivity contribution in [1.29, 1.82) is 0 Å². The summed E-state index contributed by atoms with van der Waals surface area (Å²) in [5.74, 6) is 0. The summed E-state index contributed by atoms with van der Waals surface area (Å²) in [5, 5.41) is 1.96. The van der Waals surface area contributed by atoms with Gasteiger partial charge in [-0.1, -0.05) is 60.7 Å². The van der Waals surface area contributed by atoms with Gasteiger partial charge in [0.1, 0.15) is 0 Å². The van der Waals surface area contributed by atoms with E-state index in [4.69, 9.17) is 0 Å². The number of nitrogens with one attached hydrogen (secondary N) is 1. The lowest BCUT2D eigenvalue weighted by molar-refractivity contribution is 0.777. The van der Waals surface area contributed by atoms with E-state index < -0.39 is 11.1 Å². The summed E-state index contributed by atoms with van der Waals surface area (Å²) in [4.78, 5) is 27.2. The van der Waals surface area contributed by atoms with Gasteiger partial charge in [-0.15, -0.1) is 0 Å². The molecule has 0 radical (unpaired) electrons. The maximum Gasteiger partial charge on any atom is 0.317 e. The molecule has 23 heavy (non-hydrogen) atoms. The first-order valence-electron chi connectivity index (χ1n) is 7.42. The molecule has 0 aliphatic heterocycles. The third kappa shape index (κ3) is 2.25. The van der Waals surface area contributed by atoms with Gasteiger partial charge < -0.3 is 4.98 Å². The van der Waals surface area contributed by atoms with Gasteiger partial charge >= 0.3 is 11.1 Å². The van der Waals surface area contributed by atoms with Crippen LogP contribution >= 0.6 is 0 Å². The van der Waals surface area contributed by atoms with Crippen LogP contribution < -0.4 is 11.1 Å². The van der Waals surface area contributed by atoms with Gasteiger partial charge in [-0.3, -0.25) is 14.2 Å². The second kappa shape index (κ2) is 5.25. The molecule has 4 rings (SSSR count). The van der Waals surface area contributed by atoms with Gasteiger partial charge in [-0.2, -0.15) is 0 Å². The first-order valence-corrected chi connectivity index (χ1v) is 7.42. The molecule has 0 fully saturated rings. The molecule has 1 heterocycles. The lowest BCUT2D eigenvalue weighted by Gasteiger charge is -2.11. The minimum atomic E-state index is -0.593. The Hall–Kier alpha value is -3.14. The van der Waals surface area contributed by atoms with Gasteiger partial charge in [-0.25, -0.2) is 0 Å². The Morgan fingerprint density at radius 3 is 2.39 bits per heavy atom. The molecule has 0 saturated heterocycles. The summed E-state index contributed by atoms with van der Waals surface area (Å²) >= 11 is 0. The summed E-state index contributed by atoms with van der Waals surface area (Å²) in [6.07, 6.45) is 0. The van der Waals surface area contributed by atoms with E-state index in [0.717, 1.165) is 21.9 Å². The summed E-state index contributed by atoms with van der Waals surface area (Å²) in [7, 11) is 0. The van der Waals surface area contributed by atoms with Gasteiger partial charge in [0.2, 0.25) is 0 Å². The zero-order valence-corrected chi connectivity index (χ0v) is 12.3. The first kappa shape index (κ1) is 13.5. The van der Waals surface area contributed by atoms with Crippen molar-refractivity contribution in [1.82, 2.24) is 9.55 Å². The van der Waals surface area contributed by atoms with Gasteiger partial charge in [-0.05, 0) is 17.0 Å². The van der Waals surface area contributed by atoms with Gasteiger partial charge in [0.25, 0.3) is 0 Å². The Kier molecular flexibility index (Phi) is 3.08. The second-order valence-corrected chi connectivity index (χ2v) is 5.51. The van der Waals surface area contributed by atoms with E-state index >= 15 is 0 Å². The number of hydrogen-bond donors (Lipinski definition) is 1. The van der Waals surface area contributed by atoms with Gasteiger partial charge in [0.05, 0.1) is 17.6 Å². The van der Waals surface area contributed by atoms with E-state index in [2.05, 4.69) is 4.98 Å². The molecule has 112 valence electrons. The summed E-state index contributed by atoms with van der Waals surface area (Å²) in [6.45, 7) is 0.373. The predicted molar refractivity (Wildman–Crippen MR) is 91.9 cm³/mol. The molecular weight excluding hydrogens is 288 g/mol. The lowest BCUT2D eigenvalue weighted by atomic mass is 10.1. The maximum atomic E-state index is 12.3. The highest BCUT2D eigenvalue weighted by Crippen LogP contribution is 2.22. The fourth-order valence-corrected chi connectivity index (χ4v) is 2.94. The number of aromatic amines is 1. The number of hydrogen-bond acceptors (Lipinski definition) is 2. The van der Waals surface area contributed by atoms with Crippen molar-refractivity contribution in [2.75, 3.05) is 0 Å². The standard InChI is InChI=1S/C19H14N2O2/c22-18-19(23)21(12-13-6-2-1-3-7-13)16-11-10-14-8-4-5-9-15(14)17(16)20-18/h1-11H,12H2,(H,20,22). The molecule has 4 aromatic rings. The average molecular weight is 302 g/mol. The van der Waals surface area contributed by atoms with Crippen LogP contribution in [0.15, 0.2) is 76.3 Å². The molecule has 3 aromatic carbocycles. The summed E-state index contributed by atoms with van der Waals surface area (Å²) in [6, 6.07) is 21.3. The number of benzene rings is 3. The van der Waals surface area contributed by atoms with Crippen LogP contribution in [0.1, 0.15) is 5.56 Å². The number of aromatic nitrogens is 2. The van der Waals surface area contributed by atoms with Gasteiger partial charge in [0.15, 0.2) is 0 Å². The molecule has 1 N–H and O–H groups in total. The number of rotatable bonds is 2. The predicted octanol–water partition coefficient (Wildman–Crippen LogP) is 2.89. The third-order valence-corrected chi connectivity index (χ3v) is 4.06. The molecular formula is C19H14N2O2. The summed E-state index contributed by atoms with van der Waals surface area (Å²) in [5.41, 5.74) is 1.29. The van der Waals surface area contributed by atoms with Crippen molar-refractivity contribution in [2.45, 2.75) is 6.54 Å². The highest BCUT2D eigenvalue weighted by molar-refractivity contribution is 6.03. The highest BCUT2D eigenvalue weighted by Gasteiger charge is 2.10. The Bertz CT molecular complexity index is 1120. The van der Waals surface area contributed by atoms with Crippen LogP contribution in [0, 0.1) is 0 Å². The molecule has 0 saturated carbocycles. The minimum absolute atomic E-state index is 0.373. The lowest BCUT2D eigenvalue weighted by Crippen LogP contribution is -2.36. The van der Waals surface area contributed by atoms with Crippen LogP contribution in [0.2, 0.25) is 0 Å². The van der Waals surface area contributed by atoms with Crippen LogP contribution in [0.5, 0.6) is 0 Å². The van der Waals surface area contributed by atoms with Crippen molar-refractivity contribution in [2.24, 2.45) is 0 Å². The van der Waals surface area contributed by atoms with Crippen molar-refractivity contribution >= 4 is 21.8 Å². The smallest absolute Gasteiger partial charge is 0.315 e. The normalized spacial score (nSPS) is 11.1. The molecule has 0 aliphatic carbocycles. The topological polar surface area (TPSA) is 54.9 Å². The molecule has 0 aliphatic rings. The Morgan fingerprint density at radius 1 is 0.826 bits per heavy atom. The van der Waals surface area contributed by atoms with Crippen molar-refractivity contribution in [3.05, 3.63) is 93.0 Å². The monoisotopic (exact) mass is 302 g/mol. The van der Waals surface area contributed by atoms with Crippen LogP contribution in [0.4, 0.5) is 0 Å². The second-order valence-electron chi connectivity index (χ2n) is 5.51. The van der Waals surface area contributed by atoms with E-state index in [1.54, 1.807) is 0 Å². The molecule has 0 unspecified atom stereocenters. The molecule has 0 amide bonds. The van der Waals surface area contributed by atoms with Crippen LogP contribution in [-0.2, 0) is 6.54 Å². The minimum Gasteiger partial charge on any atom is -0.315 e.